The zero-order valence-corrected chi connectivity index (χ0v) is 18.7. The number of anilines is 2. The van der Waals surface area contributed by atoms with Gasteiger partial charge in [-0.05, 0) is 55.0 Å². The minimum atomic E-state index is -0.573. The van der Waals surface area contributed by atoms with E-state index in [1.807, 2.05) is 50.2 Å². The van der Waals surface area contributed by atoms with E-state index in [1.54, 1.807) is 4.90 Å². The van der Waals surface area contributed by atoms with Gasteiger partial charge in [-0.3, -0.25) is 14.4 Å². The molecule has 2 aromatic rings. The fourth-order valence-electron chi connectivity index (χ4n) is 3.95. The van der Waals surface area contributed by atoms with E-state index in [9.17, 15) is 14.4 Å². The topological polar surface area (TPSA) is 75.7 Å². The number of carbonyl (C=O) groups is 3. The smallest absolute Gasteiger partial charge is 0.311 e. The second-order valence-electron chi connectivity index (χ2n) is 8.01. The Labute approximate surface area is 183 Å². The second kappa shape index (κ2) is 9.77. The molecule has 1 saturated heterocycles. The Kier molecular flexibility index (Phi) is 7.10. The quantitative estimate of drug-likeness (QED) is 0.685. The summed E-state index contributed by atoms with van der Waals surface area (Å²) in [5, 5.41) is 2.78. The van der Waals surface area contributed by atoms with Gasteiger partial charge in [-0.25, -0.2) is 0 Å². The van der Waals surface area contributed by atoms with E-state index >= 15 is 0 Å². The van der Waals surface area contributed by atoms with Crippen molar-refractivity contribution in [2.75, 3.05) is 23.4 Å². The monoisotopic (exact) mass is 422 g/mol. The third-order valence-electron chi connectivity index (χ3n) is 5.71. The molecule has 6 nitrogen and oxygen atoms in total. The summed E-state index contributed by atoms with van der Waals surface area (Å²) >= 11 is 0. The van der Waals surface area contributed by atoms with E-state index in [-0.39, 0.29) is 25.5 Å². The molecule has 0 bridgehead atoms. The lowest BCUT2D eigenvalue weighted by atomic mass is 10.0. The van der Waals surface area contributed by atoms with Crippen molar-refractivity contribution in [1.29, 1.82) is 0 Å². The molecule has 1 N–H and O–H groups in total. The Morgan fingerprint density at radius 3 is 2.42 bits per heavy atom. The van der Waals surface area contributed by atoms with Gasteiger partial charge in [-0.2, -0.15) is 0 Å². The van der Waals surface area contributed by atoms with Gasteiger partial charge >= 0.3 is 5.97 Å². The molecule has 0 unspecified atom stereocenters. The minimum Gasteiger partial charge on any atom is -0.455 e. The lowest BCUT2D eigenvalue weighted by Gasteiger charge is -2.23. The van der Waals surface area contributed by atoms with E-state index in [1.165, 1.54) is 0 Å². The van der Waals surface area contributed by atoms with Gasteiger partial charge in [-0.1, -0.05) is 44.2 Å². The zero-order chi connectivity index (χ0) is 22.5. The van der Waals surface area contributed by atoms with E-state index < -0.39 is 17.8 Å². The molecule has 0 spiro atoms. The normalized spacial score (nSPS) is 15.8. The maximum absolute atomic E-state index is 12.7. The van der Waals surface area contributed by atoms with Crippen LogP contribution < -0.4 is 10.2 Å². The van der Waals surface area contributed by atoms with Crippen molar-refractivity contribution < 1.29 is 19.1 Å². The molecule has 164 valence electrons. The fraction of sp³-hybridized carbons (Fsp3) is 0.400. The summed E-state index contributed by atoms with van der Waals surface area (Å²) in [4.78, 5) is 39.2. The SMILES string of the molecule is CCc1cccc(CC)c1N1C[C@H](C(=O)OCC(=O)Nc2cc(C)ccc2C)CC1=O. The van der Waals surface area contributed by atoms with Gasteiger partial charge < -0.3 is 15.0 Å². The highest BCUT2D eigenvalue weighted by atomic mass is 16.5. The van der Waals surface area contributed by atoms with Gasteiger partial charge in [-0.15, -0.1) is 0 Å². The number of aryl methyl sites for hydroxylation is 4. The Hall–Kier alpha value is -3.15. The molecule has 1 atom stereocenters. The standard InChI is InChI=1S/C25H30N2O4/c1-5-18-8-7-9-19(6-2)24(18)27-14-20(13-23(27)29)25(30)31-15-22(28)26-21-12-16(3)10-11-17(21)4/h7-12,20H,5-6,13-15H2,1-4H3,(H,26,28)/t20-/m1/s1. The van der Waals surface area contributed by atoms with Crippen LogP contribution in [0.25, 0.3) is 0 Å². The number of hydrogen-bond acceptors (Lipinski definition) is 4. The van der Waals surface area contributed by atoms with Crippen LogP contribution in [0.15, 0.2) is 36.4 Å². The molecular weight excluding hydrogens is 392 g/mol. The first-order chi connectivity index (χ1) is 14.8. The van der Waals surface area contributed by atoms with Crippen molar-refractivity contribution in [3.63, 3.8) is 0 Å². The first kappa shape index (κ1) is 22.5. The molecule has 0 radical (unpaired) electrons. The molecule has 1 fully saturated rings. The number of para-hydroxylation sites is 1. The Morgan fingerprint density at radius 1 is 1.10 bits per heavy atom. The molecule has 0 saturated carbocycles. The largest absolute Gasteiger partial charge is 0.455 e. The lowest BCUT2D eigenvalue weighted by Crippen LogP contribution is -2.29. The molecule has 0 aromatic heterocycles. The Balaban J connectivity index is 1.62. The summed E-state index contributed by atoms with van der Waals surface area (Å²) in [5.41, 5.74) is 5.76. The van der Waals surface area contributed by atoms with E-state index in [4.69, 9.17) is 4.74 Å². The first-order valence-electron chi connectivity index (χ1n) is 10.8. The summed E-state index contributed by atoms with van der Waals surface area (Å²) in [6, 6.07) is 11.8. The number of carbonyl (C=O) groups excluding carboxylic acids is 3. The zero-order valence-electron chi connectivity index (χ0n) is 18.7. The van der Waals surface area contributed by atoms with Crippen LogP contribution in [0.5, 0.6) is 0 Å². The van der Waals surface area contributed by atoms with Crippen molar-refractivity contribution in [3.05, 3.63) is 58.7 Å². The van der Waals surface area contributed by atoms with E-state index in [0.717, 1.165) is 40.8 Å². The highest BCUT2D eigenvalue weighted by Crippen LogP contribution is 2.32. The van der Waals surface area contributed by atoms with Crippen LogP contribution >= 0.6 is 0 Å². The van der Waals surface area contributed by atoms with Crippen LogP contribution in [0.4, 0.5) is 11.4 Å². The third-order valence-corrected chi connectivity index (χ3v) is 5.71. The lowest BCUT2D eigenvalue weighted by molar-refractivity contribution is -0.151. The Bertz CT molecular complexity index is 977. The molecule has 1 aliphatic heterocycles. The number of nitrogens with one attached hydrogen (secondary N) is 1. The number of hydrogen-bond donors (Lipinski definition) is 1. The van der Waals surface area contributed by atoms with Gasteiger partial charge in [0, 0.05) is 24.3 Å². The molecule has 0 aliphatic carbocycles. The van der Waals surface area contributed by atoms with Crippen molar-refractivity contribution in [1.82, 2.24) is 0 Å². The molecule has 1 aliphatic rings. The van der Waals surface area contributed by atoms with Gasteiger partial charge in [0.25, 0.3) is 5.91 Å². The van der Waals surface area contributed by atoms with Crippen molar-refractivity contribution in [3.8, 4) is 0 Å². The summed E-state index contributed by atoms with van der Waals surface area (Å²) in [6.45, 7) is 7.86. The van der Waals surface area contributed by atoms with Gasteiger partial charge in [0.05, 0.1) is 5.92 Å². The fourth-order valence-corrected chi connectivity index (χ4v) is 3.95. The predicted octanol–water partition coefficient (Wildman–Crippen LogP) is 3.96. The maximum atomic E-state index is 12.7. The summed E-state index contributed by atoms with van der Waals surface area (Å²) < 4.78 is 5.25. The van der Waals surface area contributed by atoms with Crippen molar-refractivity contribution in [2.24, 2.45) is 5.92 Å². The van der Waals surface area contributed by atoms with Crippen LogP contribution in [-0.4, -0.2) is 30.9 Å². The van der Waals surface area contributed by atoms with Crippen LogP contribution in [0.1, 0.15) is 42.5 Å². The van der Waals surface area contributed by atoms with Crippen molar-refractivity contribution >= 4 is 29.2 Å². The van der Waals surface area contributed by atoms with Crippen LogP contribution in [0.2, 0.25) is 0 Å². The molecule has 3 rings (SSSR count). The number of benzene rings is 2. The van der Waals surface area contributed by atoms with Gasteiger partial charge in [0.2, 0.25) is 5.91 Å². The average Bonchev–Trinajstić information content (AvgIpc) is 3.15. The van der Waals surface area contributed by atoms with Gasteiger partial charge in [0.15, 0.2) is 6.61 Å². The Morgan fingerprint density at radius 2 is 1.77 bits per heavy atom. The minimum absolute atomic E-state index is 0.0858. The summed E-state index contributed by atoms with van der Waals surface area (Å²) in [5.74, 6) is -1.57. The van der Waals surface area contributed by atoms with E-state index in [0.29, 0.717) is 5.69 Å². The molecule has 2 aromatic carbocycles. The molecule has 2 amide bonds. The summed E-state index contributed by atoms with van der Waals surface area (Å²) in [7, 11) is 0. The number of esters is 1. The highest BCUT2D eigenvalue weighted by Gasteiger charge is 2.37. The number of nitrogens with zero attached hydrogens (tertiary/aromatic N) is 1. The number of rotatable bonds is 7. The first-order valence-corrected chi connectivity index (χ1v) is 10.8. The van der Waals surface area contributed by atoms with Crippen molar-refractivity contribution in [2.45, 2.75) is 47.0 Å². The molecule has 31 heavy (non-hydrogen) atoms. The average molecular weight is 423 g/mol. The number of ether oxygens (including phenoxy) is 1. The van der Waals surface area contributed by atoms with Crippen LogP contribution in [-0.2, 0) is 32.0 Å². The maximum Gasteiger partial charge on any atom is 0.311 e. The molecule has 6 heteroatoms. The van der Waals surface area contributed by atoms with Crippen LogP contribution in [0.3, 0.4) is 0 Å². The van der Waals surface area contributed by atoms with Gasteiger partial charge in [0.1, 0.15) is 0 Å². The van der Waals surface area contributed by atoms with Crippen LogP contribution in [0, 0.1) is 19.8 Å². The third kappa shape index (κ3) is 5.13. The number of amides is 2. The molecular formula is C25H30N2O4. The summed E-state index contributed by atoms with van der Waals surface area (Å²) in [6.07, 6.45) is 1.71. The highest BCUT2D eigenvalue weighted by molar-refractivity contribution is 6.01. The van der Waals surface area contributed by atoms with E-state index in [2.05, 4.69) is 19.2 Å². The molecule has 1 heterocycles. The predicted molar refractivity (Wildman–Crippen MR) is 121 cm³/mol. The second-order valence-corrected chi connectivity index (χ2v) is 8.01.